The first-order valence-electron chi connectivity index (χ1n) is 8.22. The van der Waals surface area contributed by atoms with Gasteiger partial charge in [0.25, 0.3) is 0 Å². The minimum atomic E-state index is -0.705. The second-order valence-electron chi connectivity index (χ2n) is 5.77. The van der Waals surface area contributed by atoms with Crippen LogP contribution in [0.25, 0.3) is 11.4 Å². The van der Waals surface area contributed by atoms with Crippen LogP contribution in [-0.4, -0.2) is 40.7 Å². The summed E-state index contributed by atoms with van der Waals surface area (Å²) in [5, 5.41) is 9.11. The van der Waals surface area contributed by atoms with Crippen molar-refractivity contribution in [2.45, 2.75) is 19.8 Å². The predicted molar refractivity (Wildman–Crippen MR) is 91.2 cm³/mol. The largest absolute Gasteiger partial charge is 0.493 e. The fourth-order valence-corrected chi connectivity index (χ4v) is 2.94. The molecule has 1 aromatic carbocycles. The molecule has 6 heteroatoms. The van der Waals surface area contributed by atoms with Crippen molar-refractivity contribution >= 4 is 11.8 Å². The lowest BCUT2D eigenvalue weighted by Crippen LogP contribution is -2.36. The molecule has 1 fully saturated rings. The van der Waals surface area contributed by atoms with Gasteiger partial charge < -0.3 is 14.7 Å². The monoisotopic (exact) mass is 327 g/mol. The van der Waals surface area contributed by atoms with Crippen molar-refractivity contribution in [3.05, 3.63) is 36.5 Å². The number of benzene rings is 1. The van der Waals surface area contributed by atoms with Gasteiger partial charge in [-0.2, -0.15) is 0 Å². The van der Waals surface area contributed by atoms with Gasteiger partial charge in [-0.25, -0.2) is 9.97 Å². The molecule has 1 aromatic heterocycles. The van der Waals surface area contributed by atoms with Crippen molar-refractivity contribution < 1.29 is 14.6 Å². The molecule has 1 saturated heterocycles. The van der Waals surface area contributed by atoms with Gasteiger partial charge in [-0.15, -0.1) is 0 Å². The number of ether oxygens (including phenoxy) is 1. The van der Waals surface area contributed by atoms with Crippen molar-refractivity contribution in [1.82, 2.24) is 9.97 Å². The average Bonchev–Trinajstić information content (AvgIpc) is 2.63. The lowest BCUT2D eigenvalue weighted by molar-refractivity contribution is -0.142. The van der Waals surface area contributed by atoms with Crippen molar-refractivity contribution in [2.75, 3.05) is 24.6 Å². The SMILES string of the molecule is CCOc1ccccc1-c1nccc(N2CCC(C(=O)O)CC2)n1. The average molecular weight is 327 g/mol. The number of carboxylic acid groups (broad SMARTS) is 1. The Morgan fingerprint density at radius 2 is 2.04 bits per heavy atom. The van der Waals surface area contributed by atoms with Crippen LogP contribution in [0.3, 0.4) is 0 Å². The molecule has 2 heterocycles. The van der Waals surface area contributed by atoms with Crippen molar-refractivity contribution in [3.63, 3.8) is 0 Å². The van der Waals surface area contributed by atoms with Crippen LogP contribution in [0.4, 0.5) is 5.82 Å². The second kappa shape index (κ2) is 7.29. The number of para-hydroxylation sites is 1. The number of carbonyl (C=O) groups is 1. The zero-order valence-electron chi connectivity index (χ0n) is 13.7. The number of rotatable bonds is 5. The standard InChI is InChI=1S/C18H21N3O3/c1-2-24-15-6-4-3-5-14(15)17-19-10-7-16(20-17)21-11-8-13(9-12-21)18(22)23/h3-7,10,13H,2,8-9,11-12H2,1H3,(H,22,23). The molecule has 1 aliphatic rings. The molecule has 2 aromatic rings. The quantitative estimate of drug-likeness (QED) is 0.910. The Morgan fingerprint density at radius 1 is 1.29 bits per heavy atom. The second-order valence-corrected chi connectivity index (χ2v) is 5.77. The van der Waals surface area contributed by atoms with Crippen LogP contribution in [0.2, 0.25) is 0 Å². The minimum absolute atomic E-state index is 0.249. The Hall–Kier alpha value is -2.63. The summed E-state index contributed by atoms with van der Waals surface area (Å²) in [7, 11) is 0. The van der Waals surface area contributed by atoms with E-state index in [4.69, 9.17) is 9.84 Å². The smallest absolute Gasteiger partial charge is 0.306 e. The zero-order valence-corrected chi connectivity index (χ0v) is 13.7. The number of anilines is 1. The van der Waals surface area contributed by atoms with E-state index in [1.54, 1.807) is 6.20 Å². The van der Waals surface area contributed by atoms with Gasteiger partial charge in [0.05, 0.1) is 18.1 Å². The highest BCUT2D eigenvalue weighted by Crippen LogP contribution is 2.29. The maximum atomic E-state index is 11.1. The molecule has 0 saturated carbocycles. The van der Waals surface area contributed by atoms with Crippen molar-refractivity contribution in [2.24, 2.45) is 5.92 Å². The number of piperidine rings is 1. The molecule has 126 valence electrons. The van der Waals surface area contributed by atoms with Crippen molar-refractivity contribution in [1.29, 1.82) is 0 Å². The molecule has 0 amide bonds. The van der Waals surface area contributed by atoms with Gasteiger partial charge in [-0.1, -0.05) is 12.1 Å². The van der Waals surface area contributed by atoms with Gasteiger partial charge in [-0.05, 0) is 38.0 Å². The Bertz CT molecular complexity index is 712. The number of aliphatic carboxylic acids is 1. The molecular formula is C18H21N3O3. The minimum Gasteiger partial charge on any atom is -0.493 e. The van der Waals surface area contributed by atoms with E-state index in [2.05, 4.69) is 14.9 Å². The normalized spacial score (nSPS) is 15.3. The molecule has 24 heavy (non-hydrogen) atoms. The van der Waals surface area contributed by atoms with E-state index < -0.39 is 5.97 Å². The fraction of sp³-hybridized carbons (Fsp3) is 0.389. The topological polar surface area (TPSA) is 75.5 Å². The van der Waals surface area contributed by atoms with E-state index in [0.29, 0.717) is 38.4 Å². The molecule has 3 rings (SSSR count). The molecule has 1 N–H and O–H groups in total. The van der Waals surface area contributed by atoms with E-state index >= 15 is 0 Å². The number of aromatic nitrogens is 2. The van der Waals surface area contributed by atoms with Gasteiger partial charge in [0, 0.05) is 19.3 Å². The Kier molecular flexibility index (Phi) is 4.93. The highest BCUT2D eigenvalue weighted by Gasteiger charge is 2.25. The van der Waals surface area contributed by atoms with Crippen molar-refractivity contribution in [3.8, 4) is 17.1 Å². The number of nitrogens with zero attached hydrogens (tertiary/aromatic N) is 3. The lowest BCUT2D eigenvalue weighted by Gasteiger charge is -2.31. The van der Waals surface area contributed by atoms with Crippen LogP contribution in [0.15, 0.2) is 36.5 Å². The van der Waals surface area contributed by atoms with E-state index in [1.165, 1.54) is 0 Å². The lowest BCUT2D eigenvalue weighted by atomic mass is 9.97. The van der Waals surface area contributed by atoms with Crippen LogP contribution >= 0.6 is 0 Å². The molecule has 0 atom stereocenters. The molecule has 0 bridgehead atoms. The summed E-state index contributed by atoms with van der Waals surface area (Å²) in [4.78, 5) is 22.2. The fourth-order valence-electron chi connectivity index (χ4n) is 2.94. The predicted octanol–water partition coefficient (Wildman–Crippen LogP) is 2.84. The molecule has 0 spiro atoms. The molecule has 1 aliphatic heterocycles. The first kappa shape index (κ1) is 16.2. The number of hydrogen-bond donors (Lipinski definition) is 1. The summed E-state index contributed by atoms with van der Waals surface area (Å²) in [5.74, 6) is 1.26. The van der Waals surface area contributed by atoms with Gasteiger partial charge in [0.1, 0.15) is 11.6 Å². The van der Waals surface area contributed by atoms with Crippen LogP contribution in [0.5, 0.6) is 5.75 Å². The Morgan fingerprint density at radius 3 is 2.75 bits per heavy atom. The summed E-state index contributed by atoms with van der Waals surface area (Å²) in [6.07, 6.45) is 3.03. The summed E-state index contributed by atoms with van der Waals surface area (Å²) in [5.41, 5.74) is 0.863. The van der Waals surface area contributed by atoms with Gasteiger partial charge in [-0.3, -0.25) is 4.79 Å². The van der Waals surface area contributed by atoms with Gasteiger partial charge in [0.2, 0.25) is 0 Å². The van der Waals surface area contributed by atoms with E-state index in [0.717, 1.165) is 17.1 Å². The first-order valence-corrected chi connectivity index (χ1v) is 8.22. The summed E-state index contributed by atoms with van der Waals surface area (Å²) >= 11 is 0. The molecule has 0 unspecified atom stereocenters. The van der Waals surface area contributed by atoms with Crippen LogP contribution in [0.1, 0.15) is 19.8 Å². The number of hydrogen-bond acceptors (Lipinski definition) is 5. The summed E-state index contributed by atoms with van der Waals surface area (Å²) in [6, 6.07) is 9.59. The number of carboxylic acids is 1. The van der Waals surface area contributed by atoms with Crippen LogP contribution in [0, 0.1) is 5.92 Å². The third-order valence-corrected chi connectivity index (χ3v) is 4.24. The third kappa shape index (κ3) is 3.48. The summed E-state index contributed by atoms with van der Waals surface area (Å²) in [6.45, 7) is 3.92. The van der Waals surface area contributed by atoms with Crippen LogP contribution < -0.4 is 9.64 Å². The van der Waals surface area contributed by atoms with Crippen LogP contribution in [-0.2, 0) is 4.79 Å². The molecule has 0 radical (unpaired) electrons. The molecule has 0 aliphatic carbocycles. The van der Waals surface area contributed by atoms with E-state index in [-0.39, 0.29) is 5.92 Å². The maximum absolute atomic E-state index is 11.1. The van der Waals surface area contributed by atoms with Gasteiger partial charge >= 0.3 is 5.97 Å². The van der Waals surface area contributed by atoms with E-state index in [9.17, 15) is 4.79 Å². The highest BCUT2D eigenvalue weighted by atomic mass is 16.5. The molecular weight excluding hydrogens is 306 g/mol. The summed E-state index contributed by atoms with van der Waals surface area (Å²) < 4.78 is 5.66. The highest BCUT2D eigenvalue weighted by molar-refractivity contribution is 5.70. The maximum Gasteiger partial charge on any atom is 0.306 e. The Balaban J connectivity index is 1.82. The van der Waals surface area contributed by atoms with E-state index in [1.807, 2.05) is 37.3 Å². The first-order chi connectivity index (χ1) is 11.7. The third-order valence-electron chi connectivity index (χ3n) is 4.24. The van der Waals surface area contributed by atoms with Gasteiger partial charge in [0.15, 0.2) is 5.82 Å². The molecule has 6 nitrogen and oxygen atoms in total. The Labute approximate surface area is 141 Å². The zero-order chi connectivity index (χ0) is 16.9.